The second-order valence-corrected chi connectivity index (χ2v) is 7.63. The van der Waals surface area contributed by atoms with Crippen LogP contribution in [0.5, 0.6) is 11.5 Å². The molecular formula is C16H13ClI2N2O3. The molecule has 0 bridgehead atoms. The van der Waals surface area contributed by atoms with Crippen molar-refractivity contribution < 1.29 is 14.6 Å². The Hall–Kier alpha value is -1.07. The predicted molar refractivity (Wildman–Crippen MR) is 111 cm³/mol. The largest absolute Gasteiger partial charge is 0.506 e. The number of carbonyl (C=O) groups is 1. The number of nitrogens with zero attached hydrogens (tertiary/aromatic N) is 1. The van der Waals surface area contributed by atoms with Crippen LogP contribution in [0.4, 0.5) is 0 Å². The van der Waals surface area contributed by atoms with Crippen LogP contribution in [0.25, 0.3) is 0 Å². The highest BCUT2D eigenvalue weighted by Crippen LogP contribution is 2.25. The molecule has 0 fully saturated rings. The number of benzene rings is 2. The van der Waals surface area contributed by atoms with Gasteiger partial charge in [0.2, 0.25) is 0 Å². The zero-order valence-corrected chi connectivity index (χ0v) is 17.6. The molecule has 0 radical (unpaired) electrons. The third kappa shape index (κ3) is 5.49. The Labute approximate surface area is 171 Å². The summed E-state index contributed by atoms with van der Waals surface area (Å²) in [6.07, 6.45) is 1.39. The minimum atomic E-state index is -0.404. The lowest BCUT2D eigenvalue weighted by Crippen LogP contribution is -2.24. The van der Waals surface area contributed by atoms with E-state index >= 15 is 0 Å². The number of carbonyl (C=O) groups excluding carboxylic acids is 1. The highest BCUT2D eigenvalue weighted by molar-refractivity contribution is 14.1. The van der Waals surface area contributed by atoms with Crippen molar-refractivity contribution in [2.45, 2.75) is 6.92 Å². The number of hydrazone groups is 1. The molecule has 0 atom stereocenters. The van der Waals surface area contributed by atoms with Crippen molar-refractivity contribution >= 4 is 68.9 Å². The lowest BCUT2D eigenvalue weighted by atomic mass is 10.2. The van der Waals surface area contributed by atoms with E-state index < -0.39 is 5.91 Å². The fraction of sp³-hybridized carbons (Fsp3) is 0.125. The maximum Gasteiger partial charge on any atom is 0.277 e. The van der Waals surface area contributed by atoms with Crippen molar-refractivity contribution in [3.05, 3.63) is 53.6 Å². The van der Waals surface area contributed by atoms with Crippen LogP contribution in [-0.4, -0.2) is 23.8 Å². The van der Waals surface area contributed by atoms with Crippen LogP contribution in [0.3, 0.4) is 0 Å². The summed E-state index contributed by atoms with van der Waals surface area (Å²) in [4.78, 5) is 11.7. The van der Waals surface area contributed by atoms with E-state index in [9.17, 15) is 9.90 Å². The van der Waals surface area contributed by atoms with Crippen molar-refractivity contribution in [1.82, 2.24) is 5.43 Å². The molecule has 0 heterocycles. The van der Waals surface area contributed by atoms with E-state index in [-0.39, 0.29) is 12.4 Å². The zero-order valence-electron chi connectivity index (χ0n) is 12.5. The maximum atomic E-state index is 11.7. The van der Waals surface area contributed by atoms with Crippen molar-refractivity contribution in [2.24, 2.45) is 5.10 Å². The molecule has 0 aliphatic carbocycles. The summed E-state index contributed by atoms with van der Waals surface area (Å²) in [5.41, 5.74) is 3.76. The molecule has 5 nitrogen and oxygen atoms in total. The van der Waals surface area contributed by atoms with E-state index in [2.05, 4.69) is 33.1 Å². The van der Waals surface area contributed by atoms with Gasteiger partial charge in [-0.05, 0) is 88.0 Å². The van der Waals surface area contributed by atoms with Gasteiger partial charge in [-0.15, -0.1) is 0 Å². The molecule has 0 aliphatic heterocycles. The molecular weight excluding hydrogens is 557 g/mol. The van der Waals surface area contributed by atoms with Gasteiger partial charge in [0.1, 0.15) is 11.5 Å². The van der Waals surface area contributed by atoms with Gasteiger partial charge in [-0.3, -0.25) is 4.79 Å². The van der Waals surface area contributed by atoms with E-state index in [1.165, 1.54) is 6.21 Å². The van der Waals surface area contributed by atoms with E-state index in [1.807, 2.05) is 35.6 Å². The number of phenolic OH excluding ortho intramolecular Hbond substituents is 1. The van der Waals surface area contributed by atoms with Crippen LogP contribution >= 0.6 is 56.8 Å². The number of rotatable bonds is 5. The van der Waals surface area contributed by atoms with Crippen molar-refractivity contribution in [2.75, 3.05) is 6.61 Å². The quantitative estimate of drug-likeness (QED) is 0.323. The van der Waals surface area contributed by atoms with E-state index in [4.69, 9.17) is 16.3 Å². The Morgan fingerprint density at radius 1 is 1.38 bits per heavy atom. The summed E-state index contributed by atoms with van der Waals surface area (Å²) in [6.45, 7) is 1.68. The van der Waals surface area contributed by atoms with Gasteiger partial charge in [0.25, 0.3) is 5.91 Å². The summed E-state index contributed by atoms with van der Waals surface area (Å²) in [7, 11) is 0. The molecule has 0 spiro atoms. The predicted octanol–water partition coefficient (Wildman–Crippen LogP) is 4.09. The molecule has 2 N–H and O–H groups in total. The Balaban J connectivity index is 1.90. The van der Waals surface area contributed by atoms with Gasteiger partial charge in [0.05, 0.1) is 9.78 Å². The zero-order chi connectivity index (χ0) is 17.7. The van der Waals surface area contributed by atoms with Crippen LogP contribution in [-0.2, 0) is 4.79 Å². The molecule has 2 aromatic rings. The average molecular weight is 571 g/mol. The molecule has 24 heavy (non-hydrogen) atoms. The van der Waals surface area contributed by atoms with Crippen molar-refractivity contribution in [1.29, 1.82) is 0 Å². The van der Waals surface area contributed by atoms with E-state index in [0.717, 1.165) is 9.13 Å². The third-order valence-electron chi connectivity index (χ3n) is 2.95. The Bertz CT molecular complexity index is 797. The molecule has 0 saturated carbocycles. The monoisotopic (exact) mass is 570 g/mol. The maximum absolute atomic E-state index is 11.7. The lowest BCUT2D eigenvalue weighted by molar-refractivity contribution is -0.123. The third-order valence-corrected chi connectivity index (χ3v) is 4.82. The summed E-state index contributed by atoms with van der Waals surface area (Å²) in [5.74, 6) is 0.279. The highest BCUT2D eigenvalue weighted by atomic mass is 127. The van der Waals surface area contributed by atoms with Crippen molar-refractivity contribution in [3.63, 3.8) is 0 Å². The SMILES string of the molecule is Cc1cc(OCC(=O)N/N=C\c2cc(I)cc(I)c2O)ccc1Cl. The van der Waals surface area contributed by atoms with E-state index in [0.29, 0.717) is 19.9 Å². The van der Waals surface area contributed by atoms with E-state index in [1.54, 1.807) is 24.3 Å². The molecule has 8 heteroatoms. The van der Waals surface area contributed by atoms with Gasteiger partial charge in [-0.2, -0.15) is 5.10 Å². The molecule has 126 valence electrons. The Morgan fingerprint density at radius 2 is 2.12 bits per heavy atom. The minimum absolute atomic E-state index is 0.127. The number of aryl methyl sites for hydroxylation is 1. The minimum Gasteiger partial charge on any atom is -0.506 e. The summed E-state index contributed by atoms with van der Waals surface area (Å²) < 4.78 is 7.05. The summed E-state index contributed by atoms with van der Waals surface area (Å²) >= 11 is 10.1. The van der Waals surface area contributed by atoms with Crippen molar-refractivity contribution in [3.8, 4) is 11.5 Å². The standard InChI is InChI=1S/C16H13ClI2N2O3/c1-9-4-12(2-3-13(9)17)24-8-15(22)21-20-7-10-5-11(18)6-14(19)16(10)23/h2-7,23H,8H2,1H3,(H,21,22)/b20-7-. The number of ether oxygens (including phenoxy) is 1. The highest BCUT2D eigenvalue weighted by Gasteiger charge is 2.06. The molecule has 0 saturated heterocycles. The molecule has 1 amide bonds. The van der Waals surface area contributed by atoms with Crippen LogP contribution in [0, 0.1) is 14.1 Å². The average Bonchev–Trinajstić information content (AvgIpc) is 2.53. The first-order chi connectivity index (χ1) is 11.4. The normalized spacial score (nSPS) is 10.8. The van der Waals surface area contributed by atoms with Gasteiger partial charge >= 0.3 is 0 Å². The number of hydrogen-bond donors (Lipinski definition) is 2. The topological polar surface area (TPSA) is 70.9 Å². The number of hydrogen-bond acceptors (Lipinski definition) is 4. The molecule has 0 aromatic heterocycles. The first-order valence-electron chi connectivity index (χ1n) is 6.75. The fourth-order valence-electron chi connectivity index (χ4n) is 1.75. The first kappa shape index (κ1) is 19.3. The Kier molecular flexibility index (Phi) is 7.11. The van der Waals surface area contributed by atoms with Crippen LogP contribution in [0.2, 0.25) is 5.02 Å². The first-order valence-corrected chi connectivity index (χ1v) is 9.29. The van der Waals surface area contributed by atoms with Gasteiger partial charge in [0, 0.05) is 14.2 Å². The Morgan fingerprint density at radius 3 is 2.83 bits per heavy atom. The lowest BCUT2D eigenvalue weighted by Gasteiger charge is -2.07. The summed E-state index contributed by atoms with van der Waals surface area (Å²) in [5, 5.41) is 14.4. The number of phenols is 1. The molecule has 0 unspecified atom stereocenters. The van der Waals surface area contributed by atoms with Gasteiger partial charge in [-0.1, -0.05) is 11.6 Å². The van der Waals surface area contributed by atoms with Crippen LogP contribution in [0.1, 0.15) is 11.1 Å². The smallest absolute Gasteiger partial charge is 0.277 e. The number of halogens is 3. The number of aromatic hydroxyl groups is 1. The molecule has 2 rings (SSSR count). The summed E-state index contributed by atoms with van der Waals surface area (Å²) in [6, 6.07) is 8.77. The fourth-order valence-corrected chi connectivity index (χ4v) is 3.75. The molecule has 2 aromatic carbocycles. The number of nitrogens with one attached hydrogen (secondary N) is 1. The van der Waals surface area contributed by atoms with Gasteiger partial charge in [-0.25, -0.2) is 5.43 Å². The van der Waals surface area contributed by atoms with Crippen LogP contribution in [0.15, 0.2) is 35.4 Å². The van der Waals surface area contributed by atoms with Gasteiger partial charge < -0.3 is 9.84 Å². The van der Waals surface area contributed by atoms with Crippen LogP contribution < -0.4 is 10.2 Å². The number of amides is 1. The van der Waals surface area contributed by atoms with Gasteiger partial charge in [0.15, 0.2) is 6.61 Å². The second kappa shape index (κ2) is 8.86. The molecule has 0 aliphatic rings. The second-order valence-electron chi connectivity index (χ2n) is 4.82.